The molecule has 0 saturated carbocycles. The van der Waals surface area contributed by atoms with E-state index in [1.54, 1.807) is 0 Å². The maximum absolute atomic E-state index is 12.8. The maximum Gasteiger partial charge on any atom is 0.417 e. The van der Waals surface area contributed by atoms with Gasteiger partial charge in [0.2, 0.25) is 0 Å². The number of thiazole rings is 1. The highest BCUT2D eigenvalue weighted by atomic mass is 32.1. The van der Waals surface area contributed by atoms with Gasteiger partial charge >= 0.3 is 12.4 Å². The molecule has 2 aromatic heterocycles. The Morgan fingerprint density at radius 2 is 1.58 bits per heavy atom. The van der Waals surface area contributed by atoms with Gasteiger partial charge in [0.05, 0.1) is 22.2 Å². The van der Waals surface area contributed by atoms with Crippen LogP contribution in [0.4, 0.5) is 37.0 Å². The molecule has 162 valence electrons. The molecule has 2 heterocycles. The van der Waals surface area contributed by atoms with Crippen LogP contribution in [-0.2, 0) is 12.4 Å². The van der Waals surface area contributed by atoms with E-state index in [1.165, 1.54) is 11.6 Å². The topological polar surface area (TPSA) is 84.0 Å². The van der Waals surface area contributed by atoms with E-state index in [2.05, 4.69) is 20.6 Å². The molecule has 6 nitrogen and oxygen atoms in total. The third-order valence-corrected chi connectivity index (χ3v) is 4.53. The summed E-state index contributed by atoms with van der Waals surface area (Å²) in [6.07, 6.45) is -7.85. The quantitative estimate of drug-likeness (QED) is 0.532. The molecule has 0 aliphatic heterocycles. The fraction of sp³-hybridized carbons (Fsp3) is 0.111. The second-order valence-corrected chi connectivity index (χ2v) is 6.83. The van der Waals surface area contributed by atoms with Crippen LogP contribution in [0, 0.1) is 0 Å². The molecule has 0 saturated heterocycles. The van der Waals surface area contributed by atoms with Crippen LogP contribution < -0.4 is 10.6 Å². The number of carbonyl (C=O) groups is 2. The van der Waals surface area contributed by atoms with Gasteiger partial charge in [-0.05, 0) is 24.3 Å². The van der Waals surface area contributed by atoms with Crippen LogP contribution in [0.2, 0.25) is 0 Å². The Morgan fingerprint density at radius 1 is 0.871 bits per heavy atom. The van der Waals surface area contributed by atoms with Crippen molar-refractivity contribution in [3.63, 3.8) is 0 Å². The molecule has 2 amide bonds. The van der Waals surface area contributed by atoms with Gasteiger partial charge < -0.3 is 10.6 Å². The average molecular weight is 460 g/mol. The fourth-order valence-corrected chi connectivity index (χ4v) is 3.03. The Morgan fingerprint density at radius 3 is 2.26 bits per heavy atom. The van der Waals surface area contributed by atoms with Crippen molar-refractivity contribution < 1.29 is 35.9 Å². The van der Waals surface area contributed by atoms with E-state index < -0.39 is 40.9 Å². The highest BCUT2D eigenvalue weighted by Gasteiger charge is 2.32. The van der Waals surface area contributed by atoms with E-state index in [4.69, 9.17) is 0 Å². The van der Waals surface area contributed by atoms with Gasteiger partial charge in [0.15, 0.2) is 5.69 Å². The van der Waals surface area contributed by atoms with E-state index in [0.29, 0.717) is 12.3 Å². The van der Waals surface area contributed by atoms with Crippen LogP contribution in [0.1, 0.15) is 32.0 Å². The first kappa shape index (κ1) is 22.2. The van der Waals surface area contributed by atoms with Crippen LogP contribution >= 0.6 is 11.3 Å². The van der Waals surface area contributed by atoms with Gasteiger partial charge in [-0.2, -0.15) is 26.3 Å². The Balaban J connectivity index is 1.77. The molecule has 0 spiro atoms. The Bertz CT molecular complexity index is 1130. The number of nitrogens with zero attached hydrogens (tertiary/aromatic N) is 2. The maximum atomic E-state index is 12.8. The van der Waals surface area contributed by atoms with Gasteiger partial charge in [-0.3, -0.25) is 14.6 Å². The monoisotopic (exact) mass is 460 g/mol. The van der Waals surface area contributed by atoms with Crippen LogP contribution in [0.3, 0.4) is 0 Å². The number of hydrogen-bond donors (Lipinski definition) is 2. The summed E-state index contributed by atoms with van der Waals surface area (Å²) >= 11 is 0.802. The summed E-state index contributed by atoms with van der Waals surface area (Å²) in [5, 5.41) is 4.38. The molecule has 0 aliphatic rings. The van der Waals surface area contributed by atoms with Gasteiger partial charge in [-0.15, -0.1) is 11.3 Å². The average Bonchev–Trinajstić information content (AvgIpc) is 3.15. The molecule has 0 atom stereocenters. The lowest BCUT2D eigenvalue weighted by molar-refractivity contribution is -0.138. The van der Waals surface area contributed by atoms with Crippen LogP contribution in [0.15, 0.2) is 48.2 Å². The molecule has 0 fully saturated rings. The number of halogens is 6. The highest BCUT2D eigenvalue weighted by molar-refractivity contribution is 7.14. The van der Waals surface area contributed by atoms with Crippen molar-refractivity contribution in [2.75, 3.05) is 10.6 Å². The molecular formula is C18H10F6N4O2S. The van der Waals surface area contributed by atoms with Gasteiger partial charge in [0.25, 0.3) is 11.8 Å². The number of pyridine rings is 1. The van der Waals surface area contributed by atoms with Crippen LogP contribution in [0.5, 0.6) is 0 Å². The molecule has 0 unspecified atom stereocenters. The van der Waals surface area contributed by atoms with E-state index in [-0.39, 0.29) is 16.4 Å². The summed E-state index contributed by atoms with van der Waals surface area (Å²) in [4.78, 5) is 31.8. The standard InChI is InChI=1S/C18H10F6N4O2S/c19-17(20,21)10-2-1-3-12(5-10)27-15(30)13-16(31-8-26-13)28-14(29)9-4-11(7-25-6-9)18(22,23)24/h1-8H,(H,27,30)(H,28,29). The predicted octanol–water partition coefficient (Wildman–Crippen LogP) is 5.08. The molecule has 13 heteroatoms. The summed E-state index contributed by atoms with van der Waals surface area (Å²) in [6, 6.07) is 4.46. The number of rotatable bonds is 4. The Labute approximate surface area is 174 Å². The largest absolute Gasteiger partial charge is 0.417 e. The second-order valence-electron chi connectivity index (χ2n) is 5.98. The molecule has 0 aliphatic carbocycles. The van der Waals surface area contributed by atoms with Gasteiger partial charge in [0, 0.05) is 18.1 Å². The zero-order valence-electron chi connectivity index (χ0n) is 15.0. The number of carbonyl (C=O) groups excluding carboxylic acids is 2. The van der Waals surface area contributed by atoms with E-state index in [1.807, 2.05) is 0 Å². The summed E-state index contributed by atoms with van der Waals surface area (Å²) < 4.78 is 76.8. The molecule has 0 radical (unpaired) electrons. The number of benzene rings is 1. The molecule has 2 N–H and O–H groups in total. The van der Waals surface area contributed by atoms with Crippen LogP contribution in [-0.4, -0.2) is 21.8 Å². The summed E-state index contributed by atoms with van der Waals surface area (Å²) in [6.45, 7) is 0. The number of amides is 2. The van der Waals surface area contributed by atoms with Crippen LogP contribution in [0.25, 0.3) is 0 Å². The highest BCUT2D eigenvalue weighted by Crippen LogP contribution is 2.31. The summed E-state index contributed by atoms with van der Waals surface area (Å²) in [5.74, 6) is -1.89. The first-order valence-corrected chi connectivity index (χ1v) is 9.09. The molecule has 3 aromatic rings. The SMILES string of the molecule is O=C(Nc1scnc1C(=O)Nc1cccc(C(F)(F)F)c1)c1cncc(C(F)(F)F)c1. The third kappa shape index (κ3) is 5.36. The summed E-state index contributed by atoms with van der Waals surface area (Å²) in [5.41, 5.74) is -1.82. The second kappa shape index (κ2) is 8.34. The van der Waals surface area contributed by atoms with Crippen molar-refractivity contribution in [2.24, 2.45) is 0 Å². The minimum absolute atomic E-state index is 0.105. The minimum Gasteiger partial charge on any atom is -0.321 e. The third-order valence-electron chi connectivity index (χ3n) is 3.79. The van der Waals surface area contributed by atoms with Gasteiger partial charge in [-0.25, -0.2) is 4.98 Å². The van der Waals surface area contributed by atoms with Crippen molar-refractivity contribution in [3.8, 4) is 0 Å². The number of aromatic nitrogens is 2. The first-order chi connectivity index (χ1) is 14.4. The molecule has 0 bridgehead atoms. The number of hydrogen-bond acceptors (Lipinski definition) is 5. The summed E-state index contributed by atoms with van der Waals surface area (Å²) in [7, 11) is 0. The van der Waals surface area contributed by atoms with Crippen molar-refractivity contribution in [1.29, 1.82) is 0 Å². The smallest absolute Gasteiger partial charge is 0.321 e. The van der Waals surface area contributed by atoms with E-state index in [9.17, 15) is 35.9 Å². The predicted molar refractivity (Wildman–Crippen MR) is 98.7 cm³/mol. The van der Waals surface area contributed by atoms with Gasteiger partial charge in [0.1, 0.15) is 5.00 Å². The number of anilines is 2. The van der Waals surface area contributed by atoms with E-state index in [0.717, 1.165) is 35.7 Å². The van der Waals surface area contributed by atoms with Crippen molar-refractivity contribution in [2.45, 2.75) is 12.4 Å². The zero-order chi connectivity index (χ0) is 22.8. The van der Waals surface area contributed by atoms with Gasteiger partial charge in [-0.1, -0.05) is 6.07 Å². The molecule has 31 heavy (non-hydrogen) atoms. The molecule has 1 aromatic carbocycles. The Hall–Kier alpha value is -3.48. The fourth-order valence-electron chi connectivity index (χ4n) is 2.35. The minimum atomic E-state index is -4.70. The van der Waals surface area contributed by atoms with Crippen molar-refractivity contribution in [1.82, 2.24) is 9.97 Å². The number of alkyl halides is 6. The first-order valence-electron chi connectivity index (χ1n) is 8.21. The van der Waals surface area contributed by atoms with Crippen molar-refractivity contribution >= 4 is 33.8 Å². The lowest BCUT2D eigenvalue weighted by atomic mass is 10.2. The number of nitrogens with one attached hydrogen (secondary N) is 2. The lowest BCUT2D eigenvalue weighted by Crippen LogP contribution is -2.18. The molecular weight excluding hydrogens is 450 g/mol. The molecule has 3 rings (SSSR count). The Kier molecular flexibility index (Phi) is 5.97. The van der Waals surface area contributed by atoms with Crippen molar-refractivity contribution in [3.05, 3.63) is 70.6 Å². The normalized spacial score (nSPS) is 11.8. The van der Waals surface area contributed by atoms with E-state index >= 15 is 0 Å². The lowest BCUT2D eigenvalue weighted by Gasteiger charge is -2.10. The zero-order valence-corrected chi connectivity index (χ0v) is 15.8.